The van der Waals surface area contributed by atoms with Crippen molar-refractivity contribution < 1.29 is 4.74 Å². The second kappa shape index (κ2) is 9.80. The summed E-state index contributed by atoms with van der Waals surface area (Å²) in [5.41, 5.74) is 12.2. The molecule has 0 atom stereocenters. The van der Waals surface area contributed by atoms with Gasteiger partial charge in [-0.2, -0.15) is 0 Å². The molecule has 6 rings (SSSR count). The molecule has 0 saturated carbocycles. The van der Waals surface area contributed by atoms with Crippen molar-refractivity contribution in [3.63, 3.8) is 0 Å². The molecule has 0 bridgehead atoms. The van der Waals surface area contributed by atoms with Gasteiger partial charge in [-0.15, -0.1) is 0 Å². The maximum atomic E-state index is 13.4. The number of benzene rings is 2. The zero-order chi connectivity index (χ0) is 25.4. The van der Waals surface area contributed by atoms with Crippen LogP contribution in [0.1, 0.15) is 6.42 Å². The number of H-pyrrole nitrogens is 2. The van der Waals surface area contributed by atoms with E-state index in [-0.39, 0.29) is 5.56 Å². The molecule has 0 radical (unpaired) electrons. The number of hydrogen-bond acceptors (Lipinski definition) is 6. The van der Waals surface area contributed by atoms with E-state index >= 15 is 0 Å². The molecule has 0 unspecified atom stereocenters. The van der Waals surface area contributed by atoms with Gasteiger partial charge >= 0.3 is 0 Å². The van der Waals surface area contributed by atoms with Crippen LogP contribution in [-0.2, 0) is 4.74 Å². The first-order valence-corrected chi connectivity index (χ1v) is 12.7. The number of pyridine rings is 1. The second-order valence-corrected chi connectivity index (χ2v) is 9.63. The van der Waals surface area contributed by atoms with Gasteiger partial charge in [0.25, 0.3) is 5.56 Å². The number of morpholine rings is 1. The number of fused-ring (bicyclic) bond motifs is 2. The fourth-order valence-electron chi connectivity index (χ4n) is 4.85. The van der Waals surface area contributed by atoms with E-state index in [0.717, 1.165) is 52.8 Å². The van der Waals surface area contributed by atoms with Crippen molar-refractivity contribution in [1.82, 2.24) is 15.0 Å². The number of aromatic nitrogens is 3. The van der Waals surface area contributed by atoms with Gasteiger partial charge in [-0.25, -0.2) is 4.98 Å². The fraction of sp³-hybridized carbons (Fsp3) is 0.214. The molecular weight excluding hydrogens is 488 g/mol. The summed E-state index contributed by atoms with van der Waals surface area (Å²) in [4.78, 5) is 26.9. The van der Waals surface area contributed by atoms with Crippen LogP contribution in [0.15, 0.2) is 76.8 Å². The van der Waals surface area contributed by atoms with Crippen LogP contribution in [0, 0.1) is 0 Å². The Morgan fingerprint density at radius 2 is 1.97 bits per heavy atom. The third-order valence-corrected chi connectivity index (χ3v) is 7.08. The molecule has 2 aromatic heterocycles. The molecule has 5 N–H and O–H groups in total. The zero-order valence-electron chi connectivity index (χ0n) is 20.2. The van der Waals surface area contributed by atoms with Gasteiger partial charge in [-0.05, 0) is 60.2 Å². The minimum Gasteiger partial charge on any atom is -0.404 e. The first-order valence-electron chi connectivity index (χ1n) is 12.3. The quantitative estimate of drug-likeness (QED) is 0.307. The van der Waals surface area contributed by atoms with Crippen LogP contribution < -0.4 is 21.5 Å². The average Bonchev–Trinajstić information content (AvgIpc) is 3.35. The molecule has 2 aliphatic rings. The summed E-state index contributed by atoms with van der Waals surface area (Å²) in [5, 5.41) is 4.91. The fourth-order valence-corrected chi connectivity index (χ4v) is 5.03. The van der Waals surface area contributed by atoms with Crippen molar-refractivity contribution in [3.8, 4) is 11.4 Å². The standard InChI is InChI=1S/C28H27ClN6O2/c29-19-5-7-22-21(13-19)26(31-16-18-3-1-17(15-30)2-4-18)25(28(36)34-22)27-32-23-8-6-20(14-24(23)33-27)35-9-11-37-12-10-35/h1,3-8,13-15H,2,9-12,16,30H2,(H,32,33)(H2,31,34,36). The smallest absolute Gasteiger partial charge is 0.261 e. The highest BCUT2D eigenvalue weighted by Gasteiger charge is 2.20. The molecular formula is C28H27ClN6O2. The molecule has 4 aromatic rings. The number of nitrogens with zero attached hydrogens (tertiary/aromatic N) is 2. The number of halogens is 1. The number of hydrogen-bond donors (Lipinski definition) is 4. The highest BCUT2D eigenvalue weighted by molar-refractivity contribution is 6.31. The van der Waals surface area contributed by atoms with Crippen molar-refractivity contribution >= 4 is 44.9 Å². The molecule has 1 aliphatic carbocycles. The first-order chi connectivity index (χ1) is 18.1. The lowest BCUT2D eigenvalue weighted by Gasteiger charge is -2.28. The minimum absolute atomic E-state index is 0.230. The van der Waals surface area contributed by atoms with E-state index < -0.39 is 0 Å². The number of aromatic amines is 2. The number of nitrogens with one attached hydrogen (secondary N) is 3. The Morgan fingerprint density at radius 3 is 2.76 bits per heavy atom. The Bertz CT molecular complexity index is 1640. The van der Waals surface area contributed by atoms with Crippen LogP contribution in [0.3, 0.4) is 0 Å². The number of allylic oxidation sites excluding steroid dienone is 3. The van der Waals surface area contributed by atoms with E-state index in [1.54, 1.807) is 12.3 Å². The summed E-state index contributed by atoms with van der Waals surface area (Å²) in [6.07, 6.45) is 8.56. The first kappa shape index (κ1) is 23.4. The van der Waals surface area contributed by atoms with E-state index in [1.165, 1.54) is 0 Å². The number of rotatable bonds is 5. The maximum absolute atomic E-state index is 13.4. The minimum atomic E-state index is -0.230. The molecule has 0 amide bonds. The summed E-state index contributed by atoms with van der Waals surface area (Å²) in [7, 11) is 0. The van der Waals surface area contributed by atoms with Gasteiger partial charge < -0.3 is 30.7 Å². The zero-order valence-corrected chi connectivity index (χ0v) is 20.9. The molecule has 37 heavy (non-hydrogen) atoms. The van der Waals surface area contributed by atoms with Crippen molar-refractivity contribution in [2.24, 2.45) is 5.73 Å². The SMILES string of the molecule is NC=C1C=CC(CNc2c(-c3nc4ccc(N5CCOCC5)cc4[nH]3)c(=O)[nH]c3ccc(Cl)cc23)=CC1. The van der Waals surface area contributed by atoms with E-state index in [2.05, 4.69) is 38.4 Å². The van der Waals surface area contributed by atoms with E-state index in [0.29, 0.717) is 47.4 Å². The van der Waals surface area contributed by atoms with Gasteiger partial charge in [0.05, 0.1) is 35.5 Å². The molecule has 8 nitrogen and oxygen atoms in total. The Morgan fingerprint density at radius 1 is 1.11 bits per heavy atom. The lowest BCUT2D eigenvalue weighted by Crippen LogP contribution is -2.36. The molecule has 1 aliphatic heterocycles. The number of anilines is 2. The molecule has 188 valence electrons. The number of ether oxygens (including phenoxy) is 1. The van der Waals surface area contributed by atoms with E-state index in [9.17, 15) is 4.79 Å². The van der Waals surface area contributed by atoms with Gasteiger partial charge in [0, 0.05) is 35.7 Å². The summed E-state index contributed by atoms with van der Waals surface area (Å²) < 4.78 is 5.49. The van der Waals surface area contributed by atoms with Gasteiger partial charge in [-0.1, -0.05) is 29.8 Å². The van der Waals surface area contributed by atoms with Crippen LogP contribution in [0.2, 0.25) is 5.02 Å². The summed E-state index contributed by atoms with van der Waals surface area (Å²) in [6, 6.07) is 11.6. The normalized spacial score (nSPS) is 17.1. The summed E-state index contributed by atoms with van der Waals surface area (Å²) in [6.45, 7) is 3.66. The molecule has 1 fully saturated rings. The second-order valence-electron chi connectivity index (χ2n) is 9.19. The predicted octanol–water partition coefficient (Wildman–Crippen LogP) is 4.70. The summed E-state index contributed by atoms with van der Waals surface area (Å²) >= 11 is 6.37. The third kappa shape index (κ3) is 4.61. The van der Waals surface area contributed by atoms with Crippen LogP contribution in [0.5, 0.6) is 0 Å². The summed E-state index contributed by atoms with van der Waals surface area (Å²) in [5.74, 6) is 0.501. The average molecular weight is 515 g/mol. The lowest BCUT2D eigenvalue weighted by atomic mass is 10.0. The molecule has 0 spiro atoms. The van der Waals surface area contributed by atoms with Crippen LogP contribution in [0.4, 0.5) is 11.4 Å². The molecule has 2 aromatic carbocycles. The van der Waals surface area contributed by atoms with Gasteiger partial charge in [-0.3, -0.25) is 4.79 Å². The Labute approximate surface area is 218 Å². The van der Waals surface area contributed by atoms with Crippen molar-refractivity contribution in [3.05, 3.63) is 87.3 Å². The van der Waals surface area contributed by atoms with Crippen molar-refractivity contribution in [1.29, 1.82) is 0 Å². The van der Waals surface area contributed by atoms with E-state index in [4.69, 9.17) is 27.1 Å². The number of imidazole rings is 1. The monoisotopic (exact) mass is 514 g/mol. The highest BCUT2D eigenvalue weighted by Crippen LogP contribution is 2.33. The van der Waals surface area contributed by atoms with E-state index in [1.807, 2.05) is 30.4 Å². The number of nitrogens with two attached hydrogens (primary N) is 1. The van der Waals surface area contributed by atoms with Crippen LogP contribution in [-0.4, -0.2) is 47.8 Å². The Kier molecular flexibility index (Phi) is 6.20. The van der Waals surface area contributed by atoms with Crippen molar-refractivity contribution in [2.75, 3.05) is 43.1 Å². The van der Waals surface area contributed by atoms with Gasteiger partial charge in [0.2, 0.25) is 0 Å². The largest absolute Gasteiger partial charge is 0.404 e. The third-order valence-electron chi connectivity index (χ3n) is 6.85. The van der Waals surface area contributed by atoms with Crippen molar-refractivity contribution in [2.45, 2.75) is 6.42 Å². The van der Waals surface area contributed by atoms with Crippen LogP contribution >= 0.6 is 11.6 Å². The lowest BCUT2D eigenvalue weighted by molar-refractivity contribution is 0.122. The van der Waals surface area contributed by atoms with Crippen LogP contribution in [0.25, 0.3) is 33.3 Å². The maximum Gasteiger partial charge on any atom is 0.261 e. The topological polar surface area (TPSA) is 112 Å². The highest BCUT2D eigenvalue weighted by atomic mass is 35.5. The predicted molar refractivity (Wildman–Crippen MR) is 150 cm³/mol. The Balaban J connectivity index is 1.42. The molecule has 1 saturated heterocycles. The van der Waals surface area contributed by atoms with Gasteiger partial charge in [0.15, 0.2) is 0 Å². The molecule has 3 heterocycles. The molecule has 9 heteroatoms. The van der Waals surface area contributed by atoms with Gasteiger partial charge in [0.1, 0.15) is 11.4 Å². The Hall–Kier alpha value is -4.01.